The van der Waals surface area contributed by atoms with Crippen LogP contribution in [0.2, 0.25) is 0 Å². The van der Waals surface area contributed by atoms with Crippen molar-refractivity contribution in [2.24, 2.45) is 0 Å². The number of nitriles is 1. The molecule has 0 spiro atoms. The number of hydrogen-bond donors (Lipinski definition) is 0. The van der Waals surface area contributed by atoms with Crippen LogP contribution in [0.15, 0.2) is 12.1 Å². The summed E-state index contributed by atoms with van der Waals surface area (Å²) < 4.78 is 0. The molecule has 0 saturated heterocycles. The van der Waals surface area contributed by atoms with Gasteiger partial charge >= 0.3 is 30.0 Å². The summed E-state index contributed by atoms with van der Waals surface area (Å²) in [6.07, 6.45) is 0. The molecule has 0 radical (unpaired) electrons. The zero-order chi connectivity index (χ0) is 7.11. The van der Waals surface area contributed by atoms with Gasteiger partial charge in [-0.25, -0.2) is 5.26 Å². The Morgan fingerprint density at radius 3 is 2.67 bits per heavy atom. The molecule has 4 heteroatoms. The summed E-state index contributed by atoms with van der Waals surface area (Å²) in [4.78, 5) is 0.722. The Morgan fingerprint density at radius 1 is 1.78 bits per heavy atom. The van der Waals surface area contributed by atoms with Crippen LogP contribution in [0.4, 0.5) is 0 Å². The first-order valence-corrected chi connectivity index (χ1v) is 9.83. The molecule has 9 heavy (non-hydrogen) atoms. The number of rotatable bonds is 0. The van der Waals surface area contributed by atoms with Crippen molar-refractivity contribution in [1.29, 1.82) is 5.26 Å². The summed E-state index contributed by atoms with van der Waals surface area (Å²) in [7, 11) is 0. The van der Waals surface area contributed by atoms with Crippen LogP contribution < -0.4 is 0 Å². The predicted molar refractivity (Wildman–Crippen MR) is 36.8 cm³/mol. The Labute approximate surface area is 74.7 Å². The maximum atomic E-state index is 8.17. The molecular weight excluding hydrogens is 251 g/mol. The van der Waals surface area contributed by atoms with Gasteiger partial charge in [0.2, 0.25) is 0 Å². The summed E-state index contributed by atoms with van der Waals surface area (Å²) in [6.45, 7) is 0. The molecular formula is C5H2BrNSZn. The first kappa shape index (κ1) is 9.29. The summed E-state index contributed by atoms with van der Waals surface area (Å²) in [6, 6.07) is 5.47. The molecule has 0 bridgehead atoms. The van der Waals surface area contributed by atoms with Gasteiger partial charge in [0.15, 0.2) is 0 Å². The molecule has 0 aromatic carbocycles. The first-order chi connectivity index (χ1) is 4.43. The van der Waals surface area contributed by atoms with E-state index in [2.05, 4.69) is 19.0 Å². The minimum absolute atomic E-state index is 0.722. The van der Waals surface area contributed by atoms with Crippen molar-refractivity contribution >= 4 is 25.0 Å². The van der Waals surface area contributed by atoms with Gasteiger partial charge in [-0.1, -0.05) is 0 Å². The van der Waals surface area contributed by atoms with Gasteiger partial charge in [-0.2, -0.15) is 12.1 Å². The van der Waals surface area contributed by atoms with E-state index in [1.54, 1.807) is 12.1 Å². The van der Waals surface area contributed by atoms with E-state index in [1.807, 2.05) is 6.07 Å². The van der Waals surface area contributed by atoms with Crippen LogP contribution >= 0.6 is 25.0 Å². The SMILES string of the molecule is N#Cc1cc[c-]s1.[Zn+][Br]. The van der Waals surface area contributed by atoms with Crippen molar-refractivity contribution in [3.05, 3.63) is 22.4 Å². The Kier molecular flexibility index (Phi) is 6.62. The van der Waals surface area contributed by atoms with Gasteiger partial charge in [-0.15, -0.1) is 5.38 Å². The number of thiophene rings is 1. The molecule has 1 aromatic heterocycles. The predicted octanol–water partition coefficient (Wildman–Crippen LogP) is 2.26. The molecule has 0 fully saturated rings. The molecule has 1 nitrogen and oxygen atoms in total. The van der Waals surface area contributed by atoms with Crippen LogP contribution in [0.1, 0.15) is 4.88 Å². The second-order valence-electron chi connectivity index (χ2n) is 1.03. The molecule has 0 atom stereocenters. The summed E-state index contributed by atoms with van der Waals surface area (Å²) in [5, 5.41) is 11.0. The Bertz CT molecular complexity index is 179. The van der Waals surface area contributed by atoms with E-state index in [0.29, 0.717) is 0 Å². The molecule has 0 saturated carbocycles. The molecule has 0 unspecified atom stereocenters. The van der Waals surface area contributed by atoms with Gasteiger partial charge < -0.3 is 0 Å². The average molecular weight is 253 g/mol. The van der Waals surface area contributed by atoms with Crippen molar-refractivity contribution in [2.75, 3.05) is 0 Å². The number of nitrogens with zero attached hydrogens (tertiary/aromatic N) is 1. The van der Waals surface area contributed by atoms with Crippen molar-refractivity contribution in [3.63, 3.8) is 0 Å². The van der Waals surface area contributed by atoms with Crippen molar-refractivity contribution in [3.8, 4) is 6.07 Å². The second-order valence-corrected chi connectivity index (χ2v) is 1.91. The van der Waals surface area contributed by atoms with Crippen LogP contribution in [0.25, 0.3) is 0 Å². The minimum atomic E-state index is 0.722. The van der Waals surface area contributed by atoms with Gasteiger partial charge in [0.1, 0.15) is 0 Å². The summed E-state index contributed by atoms with van der Waals surface area (Å²) >= 11 is 5.59. The average Bonchev–Trinajstić information content (AvgIpc) is 2.43. The Balaban J connectivity index is 0.000000291. The molecule has 0 N–H and O–H groups in total. The number of hydrogen-bond acceptors (Lipinski definition) is 2. The normalized spacial score (nSPS) is 6.89. The van der Waals surface area contributed by atoms with Gasteiger partial charge in [-0.05, 0) is 4.88 Å². The van der Waals surface area contributed by atoms with E-state index < -0.39 is 0 Å². The summed E-state index contributed by atoms with van der Waals surface area (Å²) in [5.74, 6) is 0. The van der Waals surface area contributed by atoms with Gasteiger partial charge in [-0.3, -0.25) is 11.3 Å². The molecule has 42 valence electrons. The molecule has 0 aliphatic heterocycles. The zero-order valence-electron chi connectivity index (χ0n) is 4.60. The molecule has 1 heterocycles. The monoisotopic (exact) mass is 251 g/mol. The standard InChI is InChI=1S/C5H2NS.BrH.Zn/c6-4-5-2-1-3-7-5;;/h1-2H;1H;/q-1;;+2/p-1. The van der Waals surface area contributed by atoms with Crippen LogP contribution in [0.5, 0.6) is 0 Å². The van der Waals surface area contributed by atoms with E-state index in [9.17, 15) is 0 Å². The number of halogens is 1. The molecule has 0 aliphatic rings. The van der Waals surface area contributed by atoms with E-state index >= 15 is 0 Å². The topological polar surface area (TPSA) is 23.8 Å². The zero-order valence-corrected chi connectivity index (χ0v) is 9.96. The Morgan fingerprint density at radius 2 is 2.44 bits per heavy atom. The van der Waals surface area contributed by atoms with Crippen molar-refractivity contribution in [1.82, 2.24) is 0 Å². The molecule has 0 aliphatic carbocycles. The molecule has 0 amide bonds. The fourth-order valence-corrected chi connectivity index (χ4v) is 0.746. The summed E-state index contributed by atoms with van der Waals surface area (Å²) in [5.41, 5.74) is 0. The van der Waals surface area contributed by atoms with E-state index in [4.69, 9.17) is 5.26 Å². The third-order valence-corrected chi connectivity index (χ3v) is 1.28. The first-order valence-electron chi connectivity index (χ1n) is 2.06. The third-order valence-electron chi connectivity index (χ3n) is 0.582. The van der Waals surface area contributed by atoms with Crippen LogP contribution in [-0.4, -0.2) is 0 Å². The second kappa shape index (κ2) is 6.41. The van der Waals surface area contributed by atoms with E-state index in [-0.39, 0.29) is 0 Å². The third kappa shape index (κ3) is 3.80. The van der Waals surface area contributed by atoms with Crippen LogP contribution in [0.3, 0.4) is 0 Å². The van der Waals surface area contributed by atoms with Crippen LogP contribution in [0, 0.1) is 16.7 Å². The van der Waals surface area contributed by atoms with E-state index in [0.717, 1.165) is 4.88 Å². The fraction of sp³-hybridized carbons (Fsp3) is 0. The van der Waals surface area contributed by atoms with Gasteiger partial charge in [0.05, 0.1) is 0 Å². The molecule has 1 aromatic rings. The quantitative estimate of drug-likeness (QED) is 0.514. The fourth-order valence-electron chi connectivity index (χ4n) is 0.301. The van der Waals surface area contributed by atoms with Crippen LogP contribution in [-0.2, 0) is 16.3 Å². The van der Waals surface area contributed by atoms with Gasteiger partial charge in [0, 0.05) is 6.07 Å². The van der Waals surface area contributed by atoms with Crippen molar-refractivity contribution in [2.45, 2.75) is 0 Å². The molecule has 1 rings (SSSR count). The van der Waals surface area contributed by atoms with Gasteiger partial charge in [0.25, 0.3) is 0 Å². The Hall–Kier alpha value is 0.293. The maximum absolute atomic E-state index is 8.17. The van der Waals surface area contributed by atoms with E-state index in [1.165, 1.54) is 27.7 Å². The van der Waals surface area contributed by atoms with Crippen molar-refractivity contribution < 1.29 is 16.3 Å².